The van der Waals surface area contributed by atoms with Crippen molar-refractivity contribution in [3.05, 3.63) is 46.6 Å². The zero-order valence-electron chi connectivity index (χ0n) is 17.1. The first-order valence-corrected chi connectivity index (χ1v) is 11.6. The fourth-order valence-corrected chi connectivity index (χ4v) is 5.12. The third-order valence-corrected chi connectivity index (χ3v) is 6.81. The molecule has 0 saturated carbocycles. The number of likely N-dealkylation sites (tertiary alicyclic amines) is 1. The zero-order valence-corrected chi connectivity index (χ0v) is 18.7. The Morgan fingerprint density at radius 1 is 1.18 bits per heavy atom. The number of nitrogens with zero attached hydrogens (tertiary/aromatic N) is 4. The third kappa shape index (κ3) is 4.31. The first-order chi connectivity index (χ1) is 15.8. The molecule has 1 fully saturated rings. The number of carbonyl (C=O) groups excluding carboxylic acids is 1. The quantitative estimate of drug-likeness (QED) is 0.489. The molecule has 174 valence electrons. The highest BCUT2D eigenvalue weighted by Gasteiger charge is 2.33. The molecule has 4 heterocycles. The summed E-state index contributed by atoms with van der Waals surface area (Å²) in [4.78, 5) is 14.8. The second-order valence-corrected chi connectivity index (χ2v) is 9.04. The zero-order chi connectivity index (χ0) is 23.2. The Bertz CT molecular complexity index is 1220. The van der Waals surface area contributed by atoms with Crippen molar-refractivity contribution in [1.29, 1.82) is 0 Å². The molecule has 0 spiro atoms. The number of hydrogen-bond donors (Lipinski definition) is 0. The SMILES string of the molecule is O=C(CSc1nnc2c(Cl)cc(C(F)(F)F)cn12)N1CCC[C@@H]1c1ccc2c(c1)OCCO2. The molecule has 0 unspecified atom stereocenters. The van der Waals surface area contributed by atoms with E-state index in [1.165, 1.54) is 4.40 Å². The molecule has 5 rings (SSSR count). The average molecular weight is 499 g/mol. The first kappa shape index (κ1) is 22.1. The Morgan fingerprint density at radius 3 is 2.76 bits per heavy atom. The Kier molecular flexibility index (Phi) is 5.77. The highest BCUT2D eigenvalue weighted by atomic mass is 35.5. The molecular weight excluding hydrogens is 481 g/mol. The summed E-state index contributed by atoms with van der Waals surface area (Å²) in [5, 5.41) is 7.80. The third-order valence-electron chi connectivity index (χ3n) is 5.60. The number of rotatable bonds is 4. The topological polar surface area (TPSA) is 69.0 Å². The van der Waals surface area contributed by atoms with Gasteiger partial charge >= 0.3 is 6.18 Å². The molecule has 1 atom stereocenters. The Morgan fingerprint density at radius 2 is 1.97 bits per heavy atom. The number of thioether (sulfide) groups is 1. The highest BCUT2D eigenvalue weighted by molar-refractivity contribution is 7.99. The summed E-state index contributed by atoms with van der Waals surface area (Å²) in [7, 11) is 0. The fraction of sp³-hybridized carbons (Fsp3) is 0.381. The highest BCUT2D eigenvalue weighted by Crippen LogP contribution is 2.39. The number of pyridine rings is 1. The lowest BCUT2D eigenvalue weighted by atomic mass is 10.0. The van der Waals surface area contributed by atoms with Crippen LogP contribution in [-0.2, 0) is 11.0 Å². The summed E-state index contributed by atoms with van der Waals surface area (Å²) in [6, 6.07) is 6.40. The van der Waals surface area contributed by atoms with Gasteiger partial charge in [0.2, 0.25) is 5.91 Å². The molecule has 12 heteroatoms. The van der Waals surface area contributed by atoms with E-state index in [9.17, 15) is 18.0 Å². The minimum absolute atomic E-state index is 0.00963. The number of amides is 1. The maximum atomic E-state index is 13.2. The van der Waals surface area contributed by atoms with Crippen LogP contribution < -0.4 is 9.47 Å². The van der Waals surface area contributed by atoms with Crippen LogP contribution >= 0.6 is 23.4 Å². The summed E-state index contributed by atoms with van der Waals surface area (Å²) in [5.74, 6) is 1.23. The monoisotopic (exact) mass is 498 g/mol. The average Bonchev–Trinajstić information content (AvgIpc) is 3.44. The summed E-state index contributed by atoms with van der Waals surface area (Å²) >= 11 is 6.99. The second-order valence-electron chi connectivity index (χ2n) is 7.69. The van der Waals surface area contributed by atoms with Gasteiger partial charge in [-0.2, -0.15) is 13.2 Å². The second kappa shape index (κ2) is 8.60. The Hall–Kier alpha value is -2.66. The van der Waals surface area contributed by atoms with E-state index in [-0.39, 0.29) is 33.5 Å². The fourth-order valence-electron chi connectivity index (χ4n) is 4.08. The number of hydrogen-bond acceptors (Lipinski definition) is 6. The van der Waals surface area contributed by atoms with Crippen molar-refractivity contribution < 1.29 is 27.4 Å². The van der Waals surface area contributed by atoms with Gasteiger partial charge in [-0.25, -0.2) is 0 Å². The molecule has 0 aliphatic carbocycles. The van der Waals surface area contributed by atoms with Gasteiger partial charge in [-0.3, -0.25) is 9.20 Å². The number of carbonyl (C=O) groups is 1. The van der Waals surface area contributed by atoms with Crippen molar-refractivity contribution in [3.63, 3.8) is 0 Å². The van der Waals surface area contributed by atoms with Crippen molar-refractivity contribution >= 4 is 34.9 Å². The number of benzene rings is 1. The minimum atomic E-state index is -4.56. The van der Waals surface area contributed by atoms with Gasteiger partial charge in [0, 0.05) is 12.7 Å². The lowest BCUT2D eigenvalue weighted by molar-refractivity contribution is -0.138. The van der Waals surface area contributed by atoms with Gasteiger partial charge in [0.15, 0.2) is 22.3 Å². The van der Waals surface area contributed by atoms with E-state index >= 15 is 0 Å². The number of aromatic nitrogens is 3. The van der Waals surface area contributed by atoms with E-state index in [4.69, 9.17) is 21.1 Å². The molecule has 7 nitrogen and oxygen atoms in total. The van der Waals surface area contributed by atoms with E-state index in [1.807, 2.05) is 18.2 Å². The number of fused-ring (bicyclic) bond motifs is 2. The molecule has 1 amide bonds. The van der Waals surface area contributed by atoms with Crippen LogP contribution in [0.1, 0.15) is 30.0 Å². The number of alkyl halides is 3. The summed E-state index contributed by atoms with van der Waals surface area (Å²) in [5.41, 5.74) is 0.158. The maximum Gasteiger partial charge on any atom is 0.417 e. The van der Waals surface area contributed by atoms with Gasteiger partial charge in [0.1, 0.15) is 13.2 Å². The number of halogens is 4. The molecule has 0 radical (unpaired) electrons. The molecule has 2 aliphatic heterocycles. The van der Waals surface area contributed by atoms with Crippen LogP contribution in [-0.4, -0.2) is 50.9 Å². The summed E-state index contributed by atoms with van der Waals surface area (Å²) in [6.07, 6.45) is -2.00. The molecule has 2 aliphatic rings. The smallest absolute Gasteiger partial charge is 0.417 e. The number of ether oxygens (including phenoxy) is 2. The predicted molar refractivity (Wildman–Crippen MR) is 115 cm³/mol. The van der Waals surface area contributed by atoms with Gasteiger partial charge in [0.25, 0.3) is 0 Å². The van der Waals surface area contributed by atoms with Crippen LogP contribution in [0.2, 0.25) is 5.02 Å². The lowest BCUT2D eigenvalue weighted by Gasteiger charge is -2.26. The predicted octanol–water partition coefficient (Wildman–Crippen LogP) is 4.63. The summed E-state index contributed by atoms with van der Waals surface area (Å²) < 4.78 is 51.9. The molecule has 3 aromatic rings. The van der Waals surface area contributed by atoms with Crippen LogP contribution in [0.15, 0.2) is 35.6 Å². The van der Waals surface area contributed by atoms with Gasteiger partial charge in [-0.05, 0) is 36.6 Å². The molecule has 2 aromatic heterocycles. The molecule has 0 N–H and O–H groups in total. The van der Waals surface area contributed by atoms with Crippen molar-refractivity contribution in [2.24, 2.45) is 0 Å². The van der Waals surface area contributed by atoms with Crippen molar-refractivity contribution in [2.45, 2.75) is 30.2 Å². The van der Waals surface area contributed by atoms with Gasteiger partial charge in [-0.15, -0.1) is 10.2 Å². The van der Waals surface area contributed by atoms with Crippen LogP contribution in [0, 0.1) is 0 Å². The van der Waals surface area contributed by atoms with E-state index < -0.39 is 11.7 Å². The Labute approximate surface area is 195 Å². The normalized spacial score (nSPS) is 18.2. The summed E-state index contributed by atoms with van der Waals surface area (Å²) in [6.45, 7) is 1.58. The molecular formula is C21H18ClF3N4O3S. The maximum absolute atomic E-state index is 13.2. The van der Waals surface area contributed by atoms with Crippen LogP contribution in [0.3, 0.4) is 0 Å². The van der Waals surface area contributed by atoms with Crippen molar-refractivity contribution in [3.8, 4) is 11.5 Å². The molecule has 0 bridgehead atoms. The Balaban J connectivity index is 1.33. The van der Waals surface area contributed by atoms with E-state index in [2.05, 4.69) is 10.2 Å². The lowest BCUT2D eigenvalue weighted by Crippen LogP contribution is -2.32. The van der Waals surface area contributed by atoms with E-state index in [0.29, 0.717) is 31.3 Å². The van der Waals surface area contributed by atoms with Crippen LogP contribution in [0.5, 0.6) is 11.5 Å². The largest absolute Gasteiger partial charge is 0.486 e. The molecule has 1 saturated heterocycles. The van der Waals surface area contributed by atoms with Crippen molar-refractivity contribution in [2.75, 3.05) is 25.5 Å². The van der Waals surface area contributed by atoms with E-state index in [0.717, 1.165) is 42.4 Å². The molecule has 33 heavy (non-hydrogen) atoms. The van der Waals surface area contributed by atoms with Gasteiger partial charge in [-0.1, -0.05) is 29.4 Å². The van der Waals surface area contributed by atoms with Crippen LogP contribution in [0.25, 0.3) is 5.65 Å². The van der Waals surface area contributed by atoms with Gasteiger partial charge in [0.05, 0.1) is 22.4 Å². The van der Waals surface area contributed by atoms with E-state index in [1.54, 1.807) is 4.90 Å². The van der Waals surface area contributed by atoms with Crippen molar-refractivity contribution in [1.82, 2.24) is 19.5 Å². The molecule has 1 aromatic carbocycles. The first-order valence-electron chi connectivity index (χ1n) is 10.2. The minimum Gasteiger partial charge on any atom is -0.486 e. The van der Waals surface area contributed by atoms with Crippen LogP contribution in [0.4, 0.5) is 13.2 Å². The standard InChI is InChI=1S/C21H18ClF3N4O3S/c22-14-9-13(21(23,24)25)10-29-19(14)26-27-20(29)33-11-18(30)28-5-1-2-15(28)12-3-4-16-17(8-12)32-7-6-31-16/h3-4,8-10,15H,1-2,5-7,11H2/t15-/m1/s1. The van der Waals surface area contributed by atoms with Gasteiger partial charge < -0.3 is 14.4 Å².